The highest BCUT2D eigenvalue weighted by Crippen LogP contribution is 2.39. The van der Waals surface area contributed by atoms with E-state index >= 15 is 0 Å². The number of ether oxygens (including phenoxy) is 2. The molecule has 0 aliphatic carbocycles. The largest absolute Gasteiger partial charge is 0.493 e. The van der Waals surface area contributed by atoms with Crippen LogP contribution in [0.25, 0.3) is 0 Å². The Morgan fingerprint density at radius 3 is 2.79 bits per heavy atom. The Labute approximate surface area is 152 Å². The molecule has 1 aromatic rings. The van der Waals surface area contributed by atoms with Gasteiger partial charge in [-0.05, 0) is 43.4 Å². The molecule has 1 N–H and O–H groups in total. The molecule has 6 heteroatoms. The van der Waals surface area contributed by atoms with Crippen LogP contribution in [0.5, 0.6) is 11.5 Å². The van der Waals surface area contributed by atoms with Crippen LogP contribution in [0.1, 0.15) is 37.7 Å². The van der Waals surface area contributed by atoms with Crippen LogP contribution in [0.15, 0.2) is 18.2 Å². The number of hydrogen-bond donors (Lipinski definition) is 1. The summed E-state index contributed by atoms with van der Waals surface area (Å²) in [5, 5.41) is 3.81. The lowest BCUT2D eigenvalue weighted by molar-refractivity contribution is -0.121. The van der Waals surface area contributed by atoms with Gasteiger partial charge in [-0.1, -0.05) is 34.1 Å². The molecule has 1 unspecified atom stereocenters. The first-order valence-electron chi connectivity index (χ1n) is 8.49. The van der Waals surface area contributed by atoms with Gasteiger partial charge in [0.2, 0.25) is 5.91 Å². The zero-order chi connectivity index (χ0) is 17.2. The van der Waals surface area contributed by atoms with Crippen molar-refractivity contribution in [3.8, 4) is 11.5 Å². The van der Waals surface area contributed by atoms with Crippen LogP contribution in [-0.4, -0.2) is 37.7 Å². The lowest BCUT2D eigenvalue weighted by Crippen LogP contribution is -2.25. The molecule has 1 heterocycles. The number of nitrogens with one attached hydrogen (secondary N) is 1. The average molecular weight is 370 g/mol. The van der Waals surface area contributed by atoms with E-state index in [1.165, 1.54) is 18.6 Å². The molecular weight excluding hydrogens is 342 g/mol. The highest BCUT2D eigenvalue weighted by atomic mass is 33.1. The summed E-state index contributed by atoms with van der Waals surface area (Å²) >= 11 is 0. The maximum Gasteiger partial charge on any atom is 0.220 e. The summed E-state index contributed by atoms with van der Waals surface area (Å²) in [5.74, 6) is 2.89. The number of benzene rings is 1. The smallest absolute Gasteiger partial charge is 0.220 e. The van der Waals surface area contributed by atoms with Gasteiger partial charge in [0.1, 0.15) is 0 Å². The topological polar surface area (TPSA) is 47.6 Å². The molecule has 1 aliphatic rings. The van der Waals surface area contributed by atoms with Crippen molar-refractivity contribution >= 4 is 27.5 Å². The molecule has 1 aromatic carbocycles. The predicted molar refractivity (Wildman–Crippen MR) is 103 cm³/mol. The Bertz CT molecular complexity index is 519. The van der Waals surface area contributed by atoms with Crippen LogP contribution in [0.4, 0.5) is 0 Å². The van der Waals surface area contributed by atoms with E-state index in [1.54, 1.807) is 14.2 Å². The fraction of sp³-hybridized carbons (Fsp3) is 0.611. The van der Waals surface area contributed by atoms with Crippen LogP contribution in [0, 0.1) is 0 Å². The van der Waals surface area contributed by atoms with Gasteiger partial charge in [-0.2, -0.15) is 0 Å². The van der Waals surface area contributed by atoms with E-state index in [0.717, 1.165) is 41.6 Å². The summed E-state index contributed by atoms with van der Waals surface area (Å²) in [4.78, 5) is 11.9. The summed E-state index contributed by atoms with van der Waals surface area (Å²) in [7, 11) is 7.25. The van der Waals surface area contributed by atoms with Gasteiger partial charge in [0.25, 0.3) is 0 Å². The van der Waals surface area contributed by atoms with Gasteiger partial charge >= 0.3 is 0 Å². The van der Waals surface area contributed by atoms with Gasteiger partial charge in [-0.15, -0.1) is 0 Å². The molecule has 1 aliphatic heterocycles. The van der Waals surface area contributed by atoms with Crippen molar-refractivity contribution in [3.05, 3.63) is 23.8 Å². The molecular formula is C18H27NO3S2. The van der Waals surface area contributed by atoms with Crippen LogP contribution >= 0.6 is 21.6 Å². The standard InChI is InChI=1S/C18H27NO3S2/c1-21-16-8-7-14(13-17(16)22-2)9-11-19-18(20)6-4-3-5-15-10-12-23-24-15/h7-8,13,15H,3-6,9-12H2,1-2H3,(H,19,20). The maximum atomic E-state index is 11.9. The van der Waals surface area contributed by atoms with Crippen molar-refractivity contribution in [1.82, 2.24) is 5.32 Å². The number of hydrogen-bond acceptors (Lipinski definition) is 5. The lowest BCUT2D eigenvalue weighted by atomic mass is 10.1. The lowest BCUT2D eigenvalue weighted by Gasteiger charge is -2.10. The highest BCUT2D eigenvalue weighted by molar-refractivity contribution is 8.77. The molecule has 0 radical (unpaired) electrons. The van der Waals surface area contributed by atoms with E-state index < -0.39 is 0 Å². The van der Waals surface area contributed by atoms with Gasteiger partial charge in [-0.25, -0.2) is 0 Å². The molecule has 134 valence electrons. The molecule has 2 rings (SSSR count). The molecule has 1 saturated heterocycles. The van der Waals surface area contributed by atoms with Crippen molar-refractivity contribution in [1.29, 1.82) is 0 Å². The number of unbranched alkanes of at least 4 members (excludes halogenated alkanes) is 1. The Balaban J connectivity index is 1.60. The zero-order valence-electron chi connectivity index (χ0n) is 14.5. The second kappa shape index (κ2) is 10.8. The monoisotopic (exact) mass is 369 g/mol. The summed E-state index contributed by atoms with van der Waals surface area (Å²) < 4.78 is 10.5. The minimum Gasteiger partial charge on any atom is -0.493 e. The van der Waals surface area contributed by atoms with Gasteiger partial charge < -0.3 is 14.8 Å². The fourth-order valence-corrected chi connectivity index (χ4v) is 5.72. The van der Waals surface area contributed by atoms with E-state index in [4.69, 9.17) is 9.47 Å². The highest BCUT2D eigenvalue weighted by Gasteiger charge is 2.15. The summed E-state index contributed by atoms with van der Waals surface area (Å²) in [6.07, 6.45) is 6.15. The van der Waals surface area contributed by atoms with E-state index in [0.29, 0.717) is 13.0 Å². The third-order valence-corrected chi connectivity index (χ3v) is 7.10. The third kappa shape index (κ3) is 6.48. The minimum atomic E-state index is 0.156. The Hall–Kier alpha value is -1.01. The molecule has 24 heavy (non-hydrogen) atoms. The SMILES string of the molecule is COc1ccc(CCNC(=O)CCCCC2CCSS2)cc1OC. The van der Waals surface area contributed by atoms with Crippen molar-refractivity contribution in [2.45, 2.75) is 43.8 Å². The van der Waals surface area contributed by atoms with E-state index in [2.05, 4.69) is 5.32 Å². The Morgan fingerprint density at radius 1 is 1.25 bits per heavy atom. The second-order valence-corrected chi connectivity index (χ2v) is 8.65. The molecule has 1 amide bonds. The fourth-order valence-electron chi connectivity index (χ4n) is 2.69. The van der Waals surface area contributed by atoms with Crippen molar-refractivity contribution in [2.24, 2.45) is 0 Å². The first kappa shape index (κ1) is 19.3. The zero-order valence-corrected chi connectivity index (χ0v) is 16.1. The molecule has 1 atom stereocenters. The Morgan fingerprint density at radius 2 is 2.08 bits per heavy atom. The number of amides is 1. The van der Waals surface area contributed by atoms with Crippen molar-refractivity contribution in [2.75, 3.05) is 26.5 Å². The van der Waals surface area contributed by atoms with Gasteiger partial charge in [0, 0.05) is 24.0 Å². The maximum absolute atomic E-state index is 11.9. The summed E-state index contributed by atoms with van der Waals surface area (Å²) in [6.45, 7) is 0.656. The van der Waals surface area contributed by atoms with E-state index in [-0.39, 0.29) is 5.91 Å². The van der Waals surface area contributed by atoms with Crippen LogP contribution in [-0.2, 0) is 11.2 Å². The van der Waals surface area contributed by atoms with Crippen LogP contribution in [0.3, 0.4) is 0 Å². The Kier molecular flexibility index (Phi) is 8.67. The normalized spacial score (nSPS) is 16.8. The predicted octanol–water partition coefficient (Wildman–Crippen LogP) is 4.08. The van der Waals surface area contributed by atoms with Crippen molar-refractivity contribution < 1.29 is 14.3 Å². The quantitative estimate of drug-likeness (QED) is 0.497. The number of rotatable bonds is 10. The summed E-state index contributed by atoms with van der Waals surface area (Å²) in [5.41, 5.74) is 1.13. The van der Waals surface area contributed by atoms with Crippen molar-refractivity contribution in [3.63, 3.8) is 0 Å². The number of carbonyl (C=O) groups excluding carboxylic acids is 1. The minimum absolute atomic E-state index is 0.156. The molecule has 0 aromatic heterocycles. The average Bonchev–Trinajstić information content (AvgIpc) is 3.12. The summed E-state index contributed by atoms with van der Waals surface area (Å²) in [6, 6.07) is 5.86. The van der Waals surface area contributed by atoms with E-state index in [9.17, 15) is 4.79 Å². The molecule has 0 spiro atoms. The third-order valence-electron chi connectivity index (χ3n) is 4.09. The van der Waals surface area contributed by atoms with Crippen LogP contribution < -0.4 is 14.8 Å². The molecule has 1 fully saturated rings. The van der Waals surface area contributed by atoms with Gasteiger partial charge in [-0.3, -0.25) is 4.79 Å². The first-order valence-corrected chi connectivity index (χ1v) is 10.9. The number of methoxy groups -OCH3 is 2. The van der Waals surface area contributed by atoms with Crippen LogP contribution in [0.2, 0.25) is 0 Å². The molecule has 0 saturated carbocycles. The molecule has 4 nitrogen and oxygen atoms in total. The molecule has 0 bridgehead atoms. The second-order valence-electron chi connectivity index (χ2n) is 5.86. The van der Waals surface area contributed by atoms with Gasteiger partial charge in [0.05, 0.1) is 14.2 Å². The number of carbonyl (C=O) groups is 1. The van der Waals surface area contributed by atoms with Gasteiger partial charge in [0.15, 0.2) is 11.5 Å². The first-order chi connectivity index (χ1) is 11.7. The van der Waals surface area contributed by atoms with E-state index in [1.807, 2.05) is 39.8 Å².